The highest BCUT2D eigenvalue weighted by Gasteiger charge is 2.13. The van der Waals surface area contributed by atoms with Crippen LogP contribution in [0.2, 0.25) is 0 Å². The molecule has 0 bridgehead atoms. The summed E-state index contributed by atoms with van der Waals surface area (Å²) in [6.07, 6.45) is 0. The third-order valence-corrected chi connectivity index (χ3v) is 4.48. The van der Waals surface area contributed by atoms with Crippen LogP contribution in [-0.4, -0.2) is 0 Å². The maximum Gasteiger partial charge on any atom is 0.134 e. The lowest BCUT2D eigenvalue weighted by atomic mass is 10.1. The summed E-state index contributed by atoms with van der Waals surface area (Å²) in [7, 11) is 0. The lowest BCUT2D eigenvalue weighted by Gasteiger charge is -2.15. The quantitative estimate of drug-likeness (QED) is 0.539. The molecular weight excluding hydrogens is 394 g/mol. The Kier molecular flexibility index (Phi) is 4.09. The minimum Gasteiger partial charge on any atom is -0.459 e. The lowest BCUT2D eigenvalue weighted by molar-refractivity contribution is 0.526. The molecule has 0 aliphatic heterocycles. The van der Waals surface area contributed by atoms with E-state index >= 15 is 0 Å². The second-order valence-electron chi connectivity index (χ2n) is 5.16. The number of anilines is 1. The summed E-state index contributed by atoms with van der Waals surface area (Å²) in [6.45, 7) is 4.20. The number of hydrogen-bond acceptors (Lipinski definition) is 2. The van der Waals surface area contributed by atoms with Crippen molar-refractivity contribution in [1.29, 1.82) is 0 Å². The fraction of sp³-hybridized carbons (Fsp3) is 0.176. The standard InChI is InChI=1S/C17H15Br2NO/c1-10-3-4-14(19)9-15(10)20-11(2)17-8-12-7-13(18)5-6-16(12)21-17/h3-9,11,20H,1-2H3. The van der Waals surface area contributed by atoms with Gasteiger partial charge in [0.1, 0.15) is 11.3 Å². The van der Waals surface area contributed by atoms with E-state index in [9.17, 15) is 0 Å². The minimum atomic E-state index is 0.101. The van der Waals surface area contributed by atoms with Crippen LogP contribution < -0.4 is 5.32 Å². The van der Waals surface area contributed by atoms with Gasteiger partial charge in [-0.05, 0) is 55.8 Å². The van der Waals surface area contributed by atoms with E-state index in [4.69, 9.17) is 4.42 Å². The number of fused-ring (bicyclic) bond motifs is 1. The molecule has 1 unspecified atom stereocenters. The van der Waals surface area contributed by atoms with Gasteiger partial charge >= 0.3 is 0 Å². The molecule has 1 heterocycles. The van der Waals surface area contributed by atoms with Gasteiger partial charge in [-0.25, -0.2) is 0 Å². The summed E-state index contributed by atoms with van der Waals surface area (Å²) in [5, 5.41) is 4.62. The minimum absolute atomic E-state index is 0.101. The Balaban J connectivity index is 1.89. The number of nitrogens with one attached hydrogen (secondary N) is 1. The second-order valence-corrected chi connectivity index (χ2v) is 6.99. The van der Waals surface area contributed by atoms with Crippen LogP contribution in [0.1, 0.15) is 24.3 Å². The van der Waals surface area contributed by atoms with Gasteiger partial charge in [-0.3, -0.25) is 0 Å². The molecule has 0 radical (unpaired) electrons. The molecule has 2 aromatic carbocycles. The largest absolute Gasteiger partial charge is 0.459 e. The van der Waals surface area contributed by atoms with Crippen molar-refractivity contribution in [2.45, 2.75) is 19.9 Å². The first-order chi connectivity index (χ1) is 10.0. The first kappa shape index (κ1) is 14.7. The maximum absolute atomic E-state index is 5.93. The number of hydrogen-bond donors (Lipinski definition) is 1. The molecule has 3 aromatic rings. The van der Waals surface area contributed by atoms with Crippen molar-refractivity contribution in [3.8, 4) is 0 Å². The van der Waals surface area contributed by atoms with Crippen LogP contribution >= 0.6 is 31.9 Å². The fourth-order valence-corrected chi connectivity index (χ4v) is 3.04. The predicted molar refractivity (Wildman–Crippen MR) is 94.8 cm³/mol. The van der Waals surface area contributed by atoms with Gasteiger partial charge < -0.3 is 9.73 Å². The van der Waals surface area contributed by atoms with Crippen molar-refractivity contribution >= 4 is 48.5 Å². The smallest absolute Gasteiger partial charge is 0.134 e. The van der Waals surface area contributed by atoms with Crippen LogP contribution in [-0.2, 0) is 0 Å². The summed E-state index contributed by atoms with van der Waals surface area (Å²) in [5.41, 5.74) is 3.23. The third-order valence-electron chi connectivity index (χ3n) is 3.50. The first-order valence-corrected chi connectivity index (χ1v) is 8.33. The zero-order valence-electron chi connectivity index (χ0n) is 11.8. The van der Waals surface area contributed by atoms with Gasteiger partial charge in [0.15, 0.2) is 0 Å². The Morgan fingerprint density at radius 1 is 1.00 bits per heavy atom. The van der Waals surface area contributed by atoms with Crippen molar-refractivity contribution in [2.24, 2.45) is 0 Å². The van der Waals surface area contributed by atoms with Crippen molar-refractivity contribution < 1.29 is 4.42 Å². The van der Waals surface area contributed by atoms with Crippen LogP contribution in [0.4, 0.5) is 5.69 Å². The van der Waals surface area contributed by atoms with Gasteiger partial charge in [-0.1, -0.05) is 37.9 Å². The number of benzene rings is 2. The fourth-order valence-electron chi connectivity index (χ4n) is 2.30. The lowest BCUT2D eigenvalue weighted by Crippen LogP contribution is -2.06. The summed E-state index contributed by atoms with van der Waals surface area (Å²) < 4.78 is 8.06. The molecule has 1 N–H and O–H groups in total. The van der Waals surface area contributed by atoms with Crippen LogP contribution in [0.5, 0.6) is 0 Å². The van der Waals surface area contributed by atoms with E-state index in [0.717, 1.165) is 31.4 Å². The van der Waals surface area contributed by atoms with E-state index in [-0.39, 0.29) is 6.04 Å². The predicted octanol–water partition coefficient (Wildman–Crippen LogP) is 6.44. The molecule has 0 aliphatic carbocycles. The Hall–Kier alpha value is -1.26. The first-order valence-electron chi connectivity index (χ1n) is 6.74. The van der Waals surface area contributed by atoms with Gasteiger partial charge in [-0.2, -0.15) is 0 Å². The zero-order chi connectivity index (χ0) is 15.0. The molecule has 21 heavy (non-hydrogen) atoms. The van der Waals surface area contributed by atoms with Crippen LogP contribution in [0.3, 0.4) is 0 Å². The number of furan rings is 1. The summed E-state index contributed by atoms with van der Waals surface area (Å²) in [6, 6.07) is 14.5. The van der Waals surface area contributed by atoms with E-state index < -0.39 is 0 Å². The molecule has 1 atom stereocenters. The number of aryl methyl sites for hydroxylation is 1. The summed E-state index contributed by atoms with van der Waals surface area (Å²) in [4.78, 5) is 0. The Morgan fingerprint density at radius 2 is 1.71 bits per heavy atom. The molecular formula is C17H15Br2NO. The normalized spacial score (nSPS) is 12.6. The van der Waals surface area contributed by atoms with Gasteiger partial charge in [-0.15, -0.1) is 0 Å². The van der Waals surface area contributed by atoms with Gasteiger partial charge in [0, 0.05) is 20.0 Å². The van der Waals surface area contributed by atoms with Crippen molar-refractivity contribution in [3.05, 3.63) is 62.7 Å². The Labute approximate surface area is 140 Å². The highest BCUT2D eigenvalue weighted by atomic mass is 79.9. The topological polar surface area (TPSA) is 25.2 Å². The van der Waals surface area contributed by atoms with Crippen LogP contribution in [0.15, 0.2) is 55.8 Å². The van der Waals surface area contributed by atoms with Crippen molar-refractivity contribution in [2.75, 3.05) is 5.32 Å². The summed E-state index contributed by atoms with van der Waals surface area (Å²) in [5.74, 6) is 0.933. The summed E-state index contributed by atoms with van der Waals surface area (Å²) >= 11 is 7.00. The number of halogens is 2. The molecule has 0 fully saturated rings. The highest BCUT2D eigenvalue weighted by molar-refractivity contribution is 9.10. The SMILES string of the molecule is Cc1ccc(Br)cc1NC(C)c1cc2cc(Br)ccc2o1. The molecule has 108 valence electrons. The van der Waals surface area contributed by atoms with E-state index in [2.05, 4.69) is 75.3 Å². The van der Waals surface area contributed by atoms with E-state index in [1.165, 1.54) is 5.56 Å². The molecule has 0 saturated heterocycles. The molecule has 3 rings (SSSR count). The van der Waals surface area contributed by atoms with Crippen molar-refractivity contribution in [3.63, 3.8) is 0 Å². The molecule has 1 aromatic heterocycles. The molecule has 0 amide bonds. The van der Waals surface area contributed by atoms with Crippen LogP contribution in [0, 0.1) is 6.92 Å². The van der Waals surface area contributed by atoms with E-state index in [1.807, 2.05) is 18.2 Å². The average molecular weight is 409 g/mol. The molecule has 2 nitrogen and oxygen atoms in total. The van der Waals surface area contributed by atoms with Crippen molar-refractivity contribution in [1.82, 2.24) is 0 Å². The monoisotopic (exact) mass is 407 g/mol. The van der Waals surface area contributed by atoms with E-state index in [1.54, 1.807) is 0 Å². The molecule has 4 heteroatoms. The Morgan fingerprint density at radius 3 is 2.52 bits per heavy atom. The van der Waals surface area contributed by atoms with E-state index in [0.29, 0.717) is 0 Å². The average Bonchev–Trinajstić information content (AvgIpc) is 2.86. The van der Waals surface area contributed by atoms with Gasteiger partial charge in [0.25, 0.3) is 0 Å². The molecule has 0 saturated carbocycles. The second kappa shape index (κ2) is 5.85. The molecule has 0 aliphatic rings. The Bertz CT molecular complexity index is 795. The maximum atomic E-state index is 5.93. The third kappa shape index (κ3) is 3.16. The van der Waals surface area contributed by atoms with Gasteiger partial charge in [0.2, 0.25) is 0 Å². The van der Waals surface area contributed by atoms with Crippen LogP contribution in [0.25, 0.3) is 11.0 Å². The number of rotatable bonds is 3. The zero-order valence-corrected chi connectivity index (χ0v) is 15.0. The molecule has 0 spiro atoms. The van der Waals surface area contributed by atoms with Gasteiger partial charge in [0.05, 0.1) is 6.04 Å². The highest BCUT2D eigenvalue weighted by Crippen LogP contribution is 2.30.